The Morgan fingerprint density at radius 3 is 2.17 bits per heavy atom. The Balaban J connectivity index is 2.55. The van der Waals surface area contributed by atoms with Gasteiger partial charge in [-0.15, -0.1) is 23.2 Å². The van der Waals surface area contributed by atoms with Crippen LogP contribution in [0.15, 0.2) is 24.3 Å². The Kier molecular flexibility index (Phi) is 4.33. The summed E-state index contributed by atoms with van der Waals surface area (Å²) in [6.07, 6.45) is 0. The molecule has 18 heavy (non-hydrogen) atoms. The predicted molar refractivity (Wildman–Crippen MR) is 70.9 cm³/mol. The van der Waals surface area contributed by atoms with E-state index < -0.39 is 0 Å². The fourth-order valence-electron chi connectivity index (χ4n) is 1.54. The lowest BCUT2D eigenvalue weighted by molar-refractivity contribution is 0.416. The number of ether oxygens (including phenoxy) is 1. The third-order valence-corrected chi connectivity index (χ3v) is 2.79. The van der Waals surface area contributed by atoms with Gasteiger partial charge < -0.3 is 4.74 Å². The zero-order chi connectivity index (χ0) is 13.0. The van der Waals surface area contributed by atoms with Crippen molar-refractivity contribution in [1.82, 2.24) is 15.0 Å². The molecule has 0 unspecified atom stereocenters. The standard InChI is InChI=1S/C12H11Cl2N3O/c1-18-9-5-3-2-4-8(9)12-16-10(6-13)15-11(7-14)17-12/h2-5H,6-7H2,1H3. The maximum atomic E-state index is 5.76. The number of para-hydroxylation sites is 1. The summed E-state index contributed by atoms with van der Waals surface area (Å²) in [7, 11) is 1.60. The van der Waals surface area contributed by atoms with Gasteiger partial charge in [-0.25, -0.2) is 15.0 Å². The first kappa shape index (κ1) is 13.1. The molecule has 94 valence electrons. The molecule has 0 fully saturated rings. The average Bonchev–Trinajstić information content (AvgIpc) is 2.46. The third-order valence-electron chi connectivity index (χ3n) is 2.31. The van der Waals surface area contributed by atoms with Gasteiger partial charge in [-0.05, 0) is 12.1 Å². The highest BCUT2D eigenvalue weighted by Crippen LogP contribution is 2.26. The zero-order valence-corrected chi connectivity index (χ0v) is 11.2. The minimum atomic E-state index is 0.217. The Morgan fingerprint density at radius 2 is 1.61 bits per heavy atom. The fourth-order valence-corrected chi connectivity index (χ4v) is 1.78. The van der Waals surface area contributed by atoms with E-state index in [4.69, 9.17) is 27.9 Å². The van der Waals surface area contributed by atoms with E-state index in [0.717, 1.165) is 5.56 Å². The molecule has 0 radical (unpaired) electrons. The highest BCUT2D eigenvalue weighted by atomic mass is 35.5. The van der Waals surface area contributed by atoms with Gasteiger partial charge in [0.05, 0.1) is 24.4 Å². The van der Waals surface area contributed by atoms with E-state index in [1.54, 1.807) is 7.11 Å². The van der Waals surface area contributed by atoms with Crippen molar-refractivity contribution in [3.8, 4) is 17.1 Å². The summed E-state index contributed by atoms with van der Waals surface area (Å²) in [5, 5.41) is 0. The zero-order valence-electron chi connectivity index (χ0n) is 9.73. The van der Waals surface area contributed by atoms with E-state index in [1.807, 2.05) is 24.3 Å². The first-order valence-electron chi connectivity index (χ1n) is 5.27. The molecule has 0 aliphatic heterocycles. The number of alkyl halides is 2. The molecule has 2 aromatic rings. The molecular formula is C12H11Cl2N3O. The fraction of sp³-hybridized carbons (Fsp3) is 0.250. The van der Waals surface area contributed by atoms with E-state index in [0.29, 0.717) is 23.2 Å². The molecule has 0 atom stereocenters. The molecule has 1 aromatic carbocycles. The monoisotopic (exact) mass is 283 g/mol. The minimum absolute atomic E-state index is 0.217. The Bertz CT molecular complexity index is 526. The van der Waals surface area contributed by atoms with Crippen molar-refractivity contribution in [3.63, 3.8) is 0 Å². The largest absolute Gasteiger partial charge is 0.496 e. The van der Waals surface area contributed by atoms with Gasteiger partial charge in [-0.2, -0.15) is 0 Å². The lowest BCUT2D eigenvalue weighted by Gasteiger charge is -2.08. The SMILES string of the molecule is COc1ccccc1-c1nc(CCl)nc(CCl)n1. The van der Waals surface area contributed by atoms with Crippen LogP contribution in [0.2, 0.25) is 0 Å². The van der Waals surface area contributed by atoms with Crippen LogP contribution < -0.4 is 4.74 Å². The molecule has 0 bridgehead atoms. The van der Waals surface area contributed by atoms with Gasteiger partial charge in [0, 0.05) is 0 Å². The summed E-state index contributed by atoms with van der Waals surface area (Å²) in [5.74, 6) is 2.66. The molecule has 1 aromatic heterocycles. The van der Waals surface area contributed by atoms with E-state index >= 15 is 0 Å². The summed E-state index contributed by atoms with van der Waals surface area (Å²) in [4.78, 5) is 12.7. The minimum Gasteiger partial charge on any atom is -0.496 e. The number of hydrogen-bond donors (Lipinski definition) is 0. The van der Waals surface area contributed by atoms with E-state index in [-0.39, 0.29) is 11.8 Å². The Morgan fingerprint density at radius 1 is 1.00 bits per heavy atom. The second-order valence-electron chi connectivity index (χ2n) is 3.46. The smallest absolute Gasteiger partial charge is 0.167 e. The number of benzene rings is 1. The van der Waals surface area contributed by atoms with Gasteiger partial charge in [0.1, 0.15) is 17.4 Å². The van der Waals surface area contributed by atoms with Crippen LogP contribution >= 0.6 is 23.2 Å². The van der Waals surface area contributed by atoms with Gasteiger partial charge in [0.15, 0.2) is 5.82 Å². The van der Waals surface area contributed by atoms with Crippen molar-refractivity contribution in [2.75, 3.05) is 7.11 Å². The van der Waals surface area contributed by atoms with Gasteiger partial charge in [-0.1, -0.05) is 12.1 Å². The first-order valence-corrected chi connectivity index (χ1v) is 6.34. The van der Waals surface area contributed by atoms with E-state index in [2.05, 4.69) is 15.0 Å². The van der Waals surface area contributed by atoms with Crippen LogP contribution in [0.4, 0.5) is 0 Å². The van der Waals surface area contributed by atoms with Crippen LogP contribution in [0.1, 0.15) is 11.6 Å². The lowest BCUT2D eigenvalue weighted by atomic mass is 10.2. The molecule has 0 amide bonds. The molecule has 0 N–H and O–H groups in total. The highest BCUT2D eigenvalue weighted by Gasteiger charge is 2.11. The van der Waals surface area contributed by atoms with Crippen LogP contribution in [0.25, 0.3) is 11.4 Å². The molecule has 0 aliphatic rings. The molecule has 2 rings (SSSR count). The molecule has 0 saturated carbocycles. The Labute approximate surface area is 115 Å². The molecule has 4 nitrogen and oxygen atoms in total. The normalized spacial score (nSPS) is 10.4. The molecular weight excluding hydrogens is 273 g/mol. The van der Waals surface area contributed by atoms with Crippen molar-refractivity contribution in [1.29, 1.82) is 0 Å². The van der Waals surface area contributed by atoms with Gasteiger partial charge in [0.2, 0.25) is 0 Å². The van der Waals surface area contributed by atoms with E-state index in [9.17, 15) is 0 Å². The van der Waals surface area contributed by atoms with Gasteiger partial charge in [0.25, 0.3) is 0 Å². The van der Waals surface area contributed by atoms with Crippen molar-refractivity contribution >= 4 is 23.2 Å². The molecule has 0 aliphatic carbocycles. The summed E-state index contributed by atoms with van der Waals surface area (Å²) < 4.78 is 5.28. The van der Waals surface area contributed by atoms with Crippen LogP contribution in [-0.4, -0.2) is 22.1 Å². The van der Waals surface area contributed by atoms with Crippen LogP contribution in [0, 0.1) is 0 Å². The summed E-state index contributed by atoms with van der Waals surface area (Å²) in [5.41, 5.74) is 0.792. The number of rotatable bonds is 4. The Hall–Kier alpha value is -1.39. The molecule has 0 spiro atoms. The quantitative estimate of drug-likeness (QED) is 0.810. The topological polar surface area (TPSA) is 47.9 Å². The second kappa shape index (κ2) is 5.98. The maximum absolute atomic E-state index is 5.76. The number of aromatic nitrogens is 3. The van der Waals surface area contributed by atoms with Crippen LogP contribution in [0.5, 0.6) is 5.75 Å². The number of methoxy groups -OCH3 is 1. The summed E-state index contributed by atoms with van der Waals surface area (Å²) in [6.45, 7) is 0. The van der Waals surface area contributed by atoms with E-state index in [1.165, 1.54) is 0 Å². The van der Waals surface area contributed by atoms with Crippen LogP contribution in [-0.2, 0) is 11.8 Å². The predicted octanol–water partition coefficient (Wildman–Crippen LogP) is 3.02. The van der Waals surface area contributed by atoms with Gasteiger partial charge in [-0.3, -0.25) is 0 Å². The summed E-state index contributed by atoms with van der Waals surface area (Å²) in [6, 6.07) is 7.50. The third kappa shape index (κ3) is 2.71. The van der Waals surface area contributed by atoms with Crippen molar-refractivity contribution in [2.24, 2.45) is 0 Å². The lowest BCUT2D eigenvalue weighted by Crippen LogP contribution is -2.03. The van der Waals surface area contributed by atoms with Crippen molar-refractivity contribution in [2.45, 2.75) is 11.8 Å². The van der Waals surface area contributed by atoms with Crippen molar-refractivity contribution in [3.05, 3.63) is 35.9 Å². The highest BCUT2D eigenvalue weighted by molar-refractivity contribution is 6.17. The summed E-state index contributed by atoms with van der Waals surface area (Å²) >= 11 is 11.5. The molecule has 1 heterocycles. The average molecular weight is 284 g/mol. The molecule has 6 heteroatoms. The number of nitrogens with zero attached hydrogens (tertiary/aromatic N) is 3. The maximum Gasteiger partial charge on any atom is 0.167 e. The first-order chi connectivity index (χ1) is 8.78. The number of hydrogen-bond acceptors (Lipinski definition) is 4. The second-order valence-corrected chi connectivity index (χ2v) is 3.99. The van der Waals surface area contributed by atoms with Gasteiger partial charge >= 0.3 is 0 Å². The van der Waals surface area contributed by atoms with Crippen LogP contribution in [0.3, 0.4) is 0 Å². The van der Waals surface area contributed by atoms with Crippen molar-refractivity contribution < 1.29 is 4.74 Å². The molecule has 0 saturated heterocycles. The number of halogens is 2.